The van der Waals surface area contributed by atoms with E-state index in [2.05, 4.69) is 5.32 Å². The summed E-state index contributed by atoms with van der Waals surface area (Å²) in [6.07, 6.45) is 0. The molecule has 0 aliphatic rings. The highest BCUT2D eigenvalue weighted by Gasteiger charge is 2.27. The Morgan fingerprint density at radius 3 is 2.18 bits per heavy atom. The molecule has 1 N–H and O–H groups in total. The lowest BCUT2D eigenvalue weighted by Gasteiger charge is -2.09. The van der Waals surface area contributed by atoms with Gasteiger partial charge in [0.2, 0.25) is 29.1 Å². The number of benzene rings is 3. The topological polar surface area (TPSA) is 94.6 Å². The third-order valence-electron chi connectivity index (χ3n) is 5.03. The Kier molecular flexibility index (Phi) is 7.67. The first kappa shape index (κ1) is 26.7. The first-order valence-electron chi connectivity index (χ1n) is 10.6. The summed E-state index contributed by atoms with van der Waals surface area (Å²) in [4.78, 5) is 24.7. The van der Waals surface area contributed by atoms with Crippen molar-refractivity contribution in [2.45, 2.75) is 23.3 Å². The van der Waals surface area contributed by atoms with Crippen molar-refractivity contribution in [3.05, 3.63) is 111 Å². The summed E-state index contributed by atoms with van der Waals surface area (Å²) >= 11 is 1.24. The fourth-order valence-corrected chi connectivity index (χ4v) is 4.10. The Labute approximate surface area is 215 Å². The molecule has 196 valence electrons. The molecule has 1 aromatic heterocycles. The Hall–Kier alpha value is -4.39. The monoisotopic (exact) mass is 550 g/mol. The van der Waals surface area contributed by atoms with Crippen molar-refractivity contribution in [1.82, 2.24) is 0 Å². The zero-order valence-corrected chi connectivity index (χ0v) is 20.0. The molecule has 1 heterocycles. The molecule has 0 unspecified atom stereocenters. The predicted octanol–water partition coefficient (Wildman–Crippen LogP) is 7.17. The van der Waals surface area contributed by atoms with Crippen LogP contribution in [0.3, 0.4) is 0 Å². The van der Waals surface area contributed by atoms with Gasteiger partial charge >= 0.3 is 0 Å². The lowest BCUT2D eigenvalue weighted by molar-refractivity contribution is -0.385. The maximum absolute atomic E-state index is 13.8. The number of rotatable bonds is 8. The molecular formula is C25H15F5N2O5S. The summed E-state index contributed by atoms with van der Waals surface area (Å²) < 4.78 is 77.3. The first-order chi connectivity index (χ1) is 18.0. The number of nitrogens with zero attached hydrogens (tertiary/aromatic N) is 1. The van der Waals surface area contributed by atoms with Crippen molar-refractivity contribution in [1.29, 1.82) is 0 Å². The van der Waals surface area contributed by atoms with Crippen molar-refractivity contribution < 1.29 is 40.8 Å². The van der Waals surface area contributed by atoms with Gasteiger partial charge in [-0.2, -0.15) is 8.78 Å². The van der Waals surface area contributed by atoms with Crippen LogP contribution in [0.15, 0.2) is 68.8 Å². The van der Waals surface area contributed by atoms with Crippen LogP contribution >= 0.6 is 11.8 Å². The lowest BCUT2D eigenvalue weighted by Crippen LogP contribution is -2.11. The van der Waals surface area contributed by atoms with Crippen LogP contribution in [0.1, 0.15) is 21.9 Å². The van der Waals surface area contributed by atoms with Gasteiger partial charge in [-0.1, -0.05) is 29.5 Å². The molecule has 4 aromatic rings. The van der Waals surface area contributed by atoms with Gasteiger partial charge in [-0.05, 0) is 37.3 Å². The number of nitro benzene ring substituents is 1. The maximum atomic E-state index is 13.8. The second-order valence-corrected chi connectivity index (χ2v) is 8.94. The summed E-state index contributed by atoms with van der Waals surface area (Å²) in [6.45, 7) is 1.15. The minimum Gasteiger partial charge on any atom is -0.479 e. The largest absolute Gasteiger partial charge is 0.479 e. The summed E-state index contributed by atoms with van der Waals surface area (Å²) in [5.41, 5.74) is 0.861. The summed E-state index contributed by atoms with van der Waals surface area (Å²) in [6, 6.07) is 13.8. The average molecular weight is 550 g/mol. The SMILES string of the molecule is Cc1ccc(Sc2cc(NC(=O)c3ccc(COc4c(F)c(F)c(F)c(F)c4F)o3)cc([N+](=O)[O-])c2)cc1. The number of halogens is 5. The van der Waals surface area contributed by atoms with E-state index in [1.165, 1.54) is 36.0 Å². The molecule has 0 fully saturated rings. The average Bonchev–Trinajstić information content (AvgIpc) is 3.37. The highest BCUT2D eigenvalue weighted by atomic mass is 32.2. The molecule has 0 aliphatic carbocycles. The fourth-order valence-electron chi connectivity index (χ4n) is 3.19. The third kappa shape index (κ3) is 5.78. The Morgan fingerprint density at radius 1 is 0.921 bits per heavy atom. The Morgan fingerprint density at radius 2 is 1.55 bits per heavy atom. The number of anilines is 1. The zero-order chi connectivity index (χ0) is 27.6. The molecule has 13 heteroatoms. The molecule has 0 saturated heterocycles. The van der Waals surface area contributed by atoms with Crippen LogP contribution in [0.5, 0.6) is 5.75 Å². The minimum atomic E-state index is -2.33. The van der Waals surface area contributed by atoms with Gasteiger partial charge in [0.25, 0.3) is 11.6 Å². The fraction of sp³-hybridized carbons (Fsp3) is 0.0800. The molecule has 0 atom stereocenters. The summed E-state index contributed by atoms with van der Waals surface area (Å²) in [5.74, 6) is -13.8. The van der Waals surface area contributed by atoms with Gasteiger partial charge in [-0.15, -0.1) is 0 Å². The predicted molar refractivity (Wildman–Crippen MR) is 126 cm³/mol. The number of carbonyl (C=O) groups excluding carboxylic acids is 1. The van der Waals surface area contributed by atoms with Crippen molar-refractivity contribution in [3.63, 3.8) is 0 Å². The number of hydrogen-bond acceptors (Lipinski definition) is 6. The van der Waals surface area contributed by atoms with Gasteiger partial charge in [0, 0.05) is 27.6 Å². The second kappa shape index (κ2) is 10.9. The standard InChI is InChI=1S/C25H15F5N2O5S/c1-12-2-5-16(6-3-12)38-17-9-13(8-14(10-17)32(34)35)31-25(33)18-7-4-15(37-18)11-36-24-22(29)20(27)19(26)21(28)23(24)30/h2-10H,11H2,1H3,(H,31,33). The van der Waals surface area contributed by atoms with E-state index in [0.717, 1.165) is 16.5 Å². The third-order valence-corrected chi connectivity index (χ3v) is 6.01. The van der Waals surface area contributed by atoms with Gasteiger partial charge in [-0.3, -0.25) is 14.9 Å². The highest BCUT2D eigenvalue weighted by molar-refractivity contribution is 7.99. The van der Waals surface area contributed by atoms with Gasteiger partial charge in [-0.25, -0.2) is 13.2 Å². The van der Waals surface area contributed by atoms with Crippen molar-refractivity contribution in [2.75, 3.05) is 5.32 Å². The molecule has 3 aromatic carbocycles. The quantitative estimate of drug-likeness (QED) is 0.0822. The zero-order valence-electron chi connectivity index (χ0n) is 19.2. The normalized spacial score (nSPS) is 10.9. The summed E-state index contributed by atoms with van der Waals surface area (Å²) in [5, 5.41) is 13.9. The van der Waals surface area contributed by atoms with Crippen LogP contribution in [-0.2, 0) is 6.61 Å². The van der Waals surface area contributed by atoms with Crippen LogP contribution in [0.25, 0.3) is 0 Å². The van der Waals surface area contributed by atoms with Crippen LogP contribution in [0, 0.1) is 46.1 Å². The first-order valence-corrected chi connectivity index (χ1v) is 11.4. The van der Waals surface area contributed by atoms with Gasteiger partial charge in [0.05, 0.1) is 4.92 Å². The van der Waals surface area contributed by atoms with Crippen LogP contribution in [0.2, 0.25) is 0 Å². The molecule has 0 radical (unpaired) electrons. The smallest absolute Gasteiger partial charge is 0.291 e. The highest BCUT2D eigenvalue weighted by Crippen LogP contribution is 2.34. The van der Waals surface area contributed by atoms with Crippen molar-refractivity contribution in [2.24, 2.45) is 0 Å². The van der Waals surface area contributed by atoms with Crippen LogP contribution in [-0.4, -0.2) is 10.8 Å². The molecule has 0 aliphatic heterocycles. The van der Waals surface area contributed by atoms with E-state index in [1.54, 1.807) is 0 Å². The molecule has 1 amide bonds. The molecule has 0 saturated carbocycles. The number of furan rings is 1. The van der Waals surface area contributed by atoms with E-state index >= 15 is 0 Å². The van der Waals surface area contributed by atoms with Gasteiger partial charge < -0.3 is 14.5 Å². The number of nitro groups is 1. The van der Waals surface area contributed by atoms with Crippen molar-refractivity contribution >= 4 is 29.0 Å². The van der Waals surface area contributed by atoms with Crippen LogP contribution in [0.4, 0.5) is 33.3 Å². The van der Waals surface area contributed by atoms with E-state index in [4.69, 9.17) is 9.15 Å². The van der Waals surface area contributed by atoms with Crippen LogP contribution < -0.4 is 10.1 Å². The number of carbonyl (C=O) groups is 1. The number of amides is 1. The number of ether oxygens (including phenoxy) is 1. The van der Waals surface area contributed by atoms with Gasteiger partial charge in [0.1, 0.15) is 12.4 Å². The molecule has 0 spiro atoms. The van der Waals surface area contributed by atoms with E-state index in [9.17, 15) is 36.9 Å². The summed E-state index contributed by atoms with van der Waals surface area (Å²) in [7, 11) is 0. The molecule has 7 nitrogen and oxygen atoms in total. The Balaban J connectivity index is 1.48. The number of hydrogen-bond donors (Lipinski definition) is 1. The molecule has 0 bridgehead atoms. The van der Waals surface area contributed by atoms with E-state index in [-0.39, 0.29) is 22.9 Å². The van der Waals surface area contributed by atoms with E-state index < -0.39 is 52.3 Å². The Bertz CT molecular complexity index is 1510. The van der Waals surface area contributed by atoms with Crippen molar-refractivity contribution in [3.8, 4) is 5.75 Å². The number of non-ortho nitro benzene ring substituents is 1. The van der Waals surface area contributed by atoms with Gasteiger partial charge in [0.15, 0.2) is 11.5 Å². The molecule has 38 heavy (non-hydrogen) atoms. The lowest BCUT2D eigenvalue weighted by atomic mass is 10.2. The number of nitrogens with one attached hydrogen (secondary N) is 1. The molecule has 4 rings (SSSR count). The number of aryl methyl sites for hydroxylation is 1. The molecular weight excluding hydrogens is 535 g/mol. The maximum Gasteiger partial charge on any atom is 0.291 e. The van der Waals surface area contributed by atoms with E-state index in [1.807, 2.05) is 31.2 Å². The minimum absolute atomic E-state index is 0.0921. The second-order valence-electron chi connectivity index (χ2n) is 7.80. The van der Waals surface area contributed by atoms with E-state index in [0.29, 0.717) is 4.90 Å².